The van der Waals surface area contributed by atoms with Gasteiger partial charge in [0, 0.05) is 18.7 Å². The number of ether oxygens (including phenoxy) is 1. The predicted octanol–water partition coefficient (Wildman–Crippen LogP) is 2.78. The molecule has 1 aliphatic carbocycles. The molecular formula is C21H30N2O5S. The number of nitrogens with one attached hydrogen (secondary N) is 1. The van der Waals surface area contributed by atoms with E-state index in [0.717, 1.165) is 38.5 Å². The van der Waals surface area contributed by atoms with E-state index in [-0.39, 0.29) is 10.5 Å². The molecule has 1 saturated heterocycles. The smallest absolute Gasteiger partial charge is 0.331 e. The van der Waals surface area contributed by atoms with Gasteiger partial charge in [-0.05, 0) is 50.3 Å². The van der Waals surface area contributed by atoms with Gasteiger partial charge in [0.1, 0.15) is 5.54 Å². The van der Waals surface area contributed by atoms with Gasteiger partial charge in [0.2, 0.25) is 10.0 Å². The first-order chi connectivity index (χ1) is 13.8. The minimum Gasteiger partial charge on any atom is -0.467 e. The highest BCUT2D eigenvalue weighted by Gasteiger charge is 2.42. The standard InChI is InChI=1S/C21H30N2O5S/c1-16-9-10-17(29(26,27)23-13-7-4-8-14-23)15-18(16)19(24)22-21(20(25)28-2)11-5-3-6-12-21/h9-10,15H,3-8,11-14H2,1-2H3,(H,22,24). The molecule has 0 spiro atoms. The molecule has 0 unspecified atom stereocenters. The second-order valence-electron chi connectivity index (χ2n) is 8.03. The van der Waals surface area contributed by atoms with Crippen LogP contribution in [0.15, 0.2) is 23.1 Å². The first kappa shape index (κ1) is 21.8. The zero-order chi connectivity index (χ0) is 21.1. The Morgan fingerprint density at radius 3 is 2.28 bits per heavy atom. The van der Waals surface area contributed by atoms with Crippen LogP contribution in [0.25, 0.3) is 0 Å². The molecule has 1 heterocycles. The van der Waals surface area contributed by atoms with E-state index in [9.17, 15) is 18.0 Å². The van der Waals surface area contributed by atoms with Crippen molar-refractivity contribution >= 4 is 21.9 Å². The molecule has 1 saturated carbocycles. The highest BCUT2D eigenvalue weighted by Crippen LogP contribution is 2.30. The van der Waals surface area contributed by atoms with E-state index < -0.39 is 27.4 Å². The molecule has 7 nitrogen and oxygen atoms in total. The van der Waals surface area contributed by atoms with Gasteiger partial charge in [0.15, 0.2) is 0 Å². The number of methoxy groups -OCH3 is 1. The topological polar surface area (TPSA) is 92.8 Å². The molecule has 1 aliphatic heterocycles. The number of benzene rings is 1. The number of carbonyl (C=O) groups is 2. The minimum absolute atomic E-state index is 0.117. The van der Waals surface area contributed by atoms with E-state index in [4.69, 9.17) is 4.74 Å². The Kier molecular flexibility index (Phi) is 6.63. The van der Waals surface area contributed by atoms with E-state index in [1.165, 1.54) is 17.5 Å². The van der Waals surface area contributed by atoms with Crippen LogP contribution in [0.2, 0.25) is 0 Å². The molecule has 160 valence electrons. The summed E-state index contributed by atoms with van der Waals surface area (Å²) in [6.45, 7) is 2.77. The Bertz CT molecular complexity index is 869. The minimum atomic E-state index is -3.64. The second kappa shape index (κ2) is 8.83. The van der Waals surface area contributed by atoms with Crippen LogP contribution in [-0.2, 0) is 19.6 Å². The van der Waals surface area contributed by atoms with Gasteiger partial charge in [0.25, 0.3) is 5.91 Å². The maximum absolute atomic E-state index is 13.1. The fraction of sp³-hybridized carbons (Fsp3) is 0.619. The summed E-state index contributed by atoms with van der Waals surface area (Å²) in [6, 6.07) is 4.63. The lowest BCUT2D eigenvalue weighted by atomic mass is 9.81. The Balaban J connectivity index is 1.89. The lowest BCUT2D eigenvalue weighted by molar-refractivity contribution is -0.149. The lowest BCUT2D eigenvalue weighted by Gasteiger charge is -2.35. The number of sulfonamides is 1. The molecule has 2 aliphatic rings. The molecule has 2 fully saturated rings. The summed E-state index contributed by atoms with van der Waals surface area (Å²) in [5, 5.41) is 2.88. The first-order valence-corrected chi connectivity index (χ1v) is 11.8. The molecule has 1 N–H and O–H groups in total. The number of esters is 1. The van der Waals surface area contributed by atoms with Crippen LogP contribution in [0.3, 0.4) is 0 Å². The Morgan fingerprint density at radius 2 is 1.66 bits per heavy atom. The van der Waals surface area contributed by atoms with Gasteiger partial charge in [-0.15, -0.1) is 0 Å². The van der Waals surface area contributed by atoms with Crippen molar-refractivity contribution in [1.82, 2.24) is 9.62 Å². The number of hydrogen-bond donors (Lipinski definition) is 1. The normalized spacial score (nSPS) is 20.1. The van der Waals surface area contributed by atoms with Gasteiger partial charge in [-0.3, -0.25) is 4.79 Å². The van der Waals surface area contributed by atoms with E-state index >= 15 is 0 Å². The Hall–Kier alpha value is -1.93. The average Bonchev–Trinajstić information content (AvgIpc) is 2.74. The van der Waals surface area contributed by atoms with Crippen LogP contribution in [0, 0.1) is 6.92 Å². The highest BCUT2D eigenvalue weighted by molar-refractivity contribution is 7.89. The van der Waals surface area contributed by atoms with Crippen LogP contribution >= 0.6 is 0 Å². The quantitative estimate of drug-likeness (QED) is 0.737. The van der Waals surface area contributed by atoms with E-state index in [0.29, 0.717) is 31.5 Å². The lowest BCUT2D eigenvalue weighted by Crippen LogP contribution is -2.56. The van der Waals surface area contributed by atoms with Crippen molar-refractivity contribution in [3.8, 4) is 0 Å². The van der Waals surface area contributed by atoms with Crippen molar-refractivity contribution in [3.63, 3.8) is 0 Å². The third-order valence-corrected chi connectivity index (χ3v) is 7.94. The number of rotatable bonds is 5. The number of aryl methyl sites for hydroxylation is 1. The molecule has 1 aromatic rings. The van der Waals surface area contributed by atoms with Gasteiger partial charge in [-0.1, -0.05) is 31.7 Å². The van der Waals surface area contributed by atoms with Crippen LogP contribution < -0.4 is 5.32 Å². The summed E-state index contributed by atoms with van der Waals surface area (Å²) < 4.78 is 32.4. The largest absolute Gasteiger partial charge is 0.467 e. The third kappa shape index (κ3) is 4.48. The molecule has 0 aromatic heterocycles. The third-order valence-electron chi connectivity index (χ3n) is 6.04. The number of piperidine rings is 1. The van der Waals surface area contributed by atoms with Gasteiger partial charge in [0.05, 0.1) is 12.0 Å². The summed E-state index contributed by atoms with van der Waals surface area (Å²) in [5.74, 6) is -0.884. The summed E-state index contributed by atoms with van der Waals surface area (Å²) in [4.78, 5) is 25.6. The fourth-order valence-electron chi connectivity index (χ4n) is 4.28. The summed E-state index contributed by atoms with van der Waals surface area (Å²) >= 11 is 0. The van der Waals surface area contributed by atoms with Gasteiger partial charge in [-0.25, -0.2) is 13.2 Å². The highest BCUT2D eigenvalue weighted by atomic mass is 32.2. The van der Waals surface area contributed by atoms with Crippen LogP contribution in [0.5, 0.6) is 0 Å². The molecule has 1 amide bonds. The van der Waals surface area contributed by atoms with E-state index in [1.807, 2.05) is 0 Å². The van der Waals surface area contributed by atoms with Crippen LogP contribution in [0.4, 0.5) is 0 Å². The molecule has 3 rings (SSSR count). The van der Waals surface area contributed by atoms with Crippen LogP contribution in [-0.4, -0.2) is 50.3 Å². The van der Waals surface area contributed by atoms with Crippen molar-refractivity contribution in [2.45, 2.75) is 68.7 Å². The van der Waals surface area contributed by atoms with E-state index in [1.54, 1.807) is 19.1 Å². The van der Waals surface area contributed by atoms with E-state index in [2.05, 4.69) is 5.32 Å². The fourth-order valence-corrected chi connectivity index (χ4v) is 5.82. The maximum atomic E-state index is 13.1. The van der Waals surface area contributed by atoms with Crippen molar-refractivity contribution < 1.29 is 22.7 Å². The van der Waals surface area contributed by atoms with Crippen molar-refractivity contribution in [1.29, 1.82) is 0 Å². The summed E-state index contributed by atoms with van der Waals surface area (Å²) in [5.41, 5.74) is -0.106. The number of hydrogen-bond acceptors (Lipinski definition) is 5. The maximum Gasteiger partial charge on any atom is 0.331 e. The number of carbonyl (C=O) groups excluding carboxylic acids is 2. The Morgan fingerprint density at radius 1 is 1.03 bits per heavy atom. The zero-order valence-corrected chi connectivity index (χ0v) is 18.0. The zero-order valence-electron chi connectivity index (χ0n) is 17.2. The molecular weight excluding hydrogens is 392 g/mol. The SMILES string of the molecule is COC(=O)C1(NC(=O)c2cc(S(=O)(=O)N3CCCCC3)ccc2C)CCCCC1. The Labute approximate surface area is 172 Å². The molecule has 1 aromatic carbocycles. The first-order valence-electron chi connectivity index (χ1n) is 10.3. The average molecular weight is 423 g/mol. The van der Waals surface area contributed by atoms with Crippen molar-refractivity contribution in [2.24, 2.45) is 0 Å². The number of amides is 1. The molecule has 0 radical (unpaired) electrons. The predicted molar refractivity (Wildman–Crippen MR) is 109 cm³/mol. The van der Waals surface area contributed by atoms with Crippen LogP contribution in [0.1, 0.15) is 67.3 Å². The monoisotopic (exact) mass is 422 g/mol. The van der Waals surface area contributed by atoms with Gasteiger partial charge in [-0.2, -0.15) is 4.31 Å². The van der Waals surface area contributed by atoms with Crippen molar-refractivity contribution in [2.75, 3.05) is 20.2 Å². The molecule has 0 atom stereocenters. The molecule has 29 heavy (non-hydrogen) atoms. The second-order valence-corrected chi connectivity index (χ2v) is 9.97. The summed E-state index contributed by atoms with van der Waals surface area (Å²) in [6.07, 6.45) is 6.45. The van der Waals surface area contributed by atoms with Gasteiger partial charge < -0.3 is 10.1 Å². The van der Waals surface area contributed by atoms with Gasteiger partial charge >= 0.3 is 5.97 Å². The van der Waals surface area contributed by atoms with Crippen molar-refractivity contribution in [3.05, 3.63) is 29.3 Å². The summed E-state index contributed by atoms with van der Waals surface area (Å²) in [7, 11) is -2.32. The molecule has 8 heteroatoms. The number of nitrogens with zero attached hydrogens (tertiary/aromatic N) is 1. The molecule has 0 bridgehead atoms.